The van der Waals surface area contributed by atoms with Gasteiger partial charge in [-0.2, -0.15) is 0 Å². The summed E-state index contributed by atoms with van der Waals surface area (Å²) in [5.41, 5.74) is 2.41. The lowest BCUT2D eigenvalue weighted by atomic mass is 9.86. The minimum atomic E-state index is 0.350. The second-order valence-electron chi connectivity index (χ2n) is 8.08. The Morgan fingerprint density at radius 2 is 1.96 bits per heavy atom. The third kappa shape index (κ3) is 3.91. The smallest absolute Gasteiger partial charge is 0.151 e. The Balaban J connectivity index is 1.60. The van der Waals surface area contributed by atoms with Crippen LogP contribution in [0.25, 0.3) is 5.69 Å². The molecule has 0 bridgehead atoms. The molecule has 0 amide bonds. The average molecular weight is 389 g/mol. The first-order valence-corrected chi connectivity index (χ1v) is 10.5. The average Bonchev–Trinajstić information content (AvgIpc) is 2.99. The number of aromatic nitrogens is 3. The molecule has 0 N–H and O–H groups in total. The van der Waals surface area contributed by atoms with Crippen LogP contribution in [0.3, 0.4) is 0 Å². The first kappa shape index (κ1) is 18.9. The lowest BCUT2D eigenvalue weighted by Crippen LogP contribution is -2.25. The third-order valence-electron chi connectivity index (χ3n) is 5.93. The Kier molecular flexibility index (Phi) is 5.53. The zero-order valence-electron chi connectivity index (χ0n) is 16.5. The summed E-state index contributed by atoms with van der Waals surface area (Å²) in [5, 5.41) is 9.97. The first-order chi connectivity index (χ1) is 13.0. The van der Waals surface area contributed by atoms with Crippen LogP contribution >= 0.6 is 11.6 Å². The number of hydrogen-bond donors (Lipinski definition) is 0. The molecule has 1 atom stereocenters. The lowest BCUT2D eigenvalue weighted by Gasteiger charge is -2.30. The van der Waals surface area contributed by atoms with E-state index in [-0.39, 0.29) is 0 Å². The van der Waals surface area contributed by atoms with Gasteiger partial charge in [-0.05, 0) is 69.8 Å². The summed E-state index contributed by atoms with van der Waals surface area (Å²) in [6, 6.07) is 6.16. The van der Waals surface area contributed by atoms with E-state index in [0.717, 1.165) is 61.9 Å². The quantitative estimate of drug-likeness (QED) is 0.760. The normalized spacial score (nSPS) is 24.1. The summed E-state index contributed by atoms with van der Waals surface area (Å²) in [5.74, 6) is 2.56. The highest BCUT2D eigenvalue weighted by molar-refractivity contribution is 6.30. The highest BCUT2D eigenvalue weighted by Crippen LogP contribution is 2.36. The SMILES string of the molecule is CC[C@H](C)OC1CCC(c2nnc3n2-c2ccc(Cl)cc2CN(C)C3)CC1. The van der Waals surface area contributed by atoms with E-state index >= 15 is 0 Å². The van der Waals surface area contributed by atoms with Gasteiger partial charge in [-0.3, -0.25) is 9.47 Å². The zero-order valence-corrected chi connectivity index (χ0v) is 17.2. The molecule has 1 aromatic heterocycles. The van der Waals surface area contributed by atoms with E-state index < -0.39 is 0 Å². The molecule has 0 radical (unpaired) electrons. The monoisotopic (exact) mass is 388 g/mol. The van der Waals surface area contributed by atoms with Crippen molar-refractivity contribution in [3.63, 3.8) is 0 Å². The predicted octanol–water partition coefficient (Wildman–Crippen LogP) is 4.71. The van der Waals surface area contributed by atoms with Gasteiger partial charge >= 0.3 is 0 Å². The van der Waals surface area contributed by atoms with Crippen LogP contribution in [-0.2, 0) is 17.8 Å². The highest BCUT2D eigenvalue weighted by atomic mass is 35.5. The van der Waals surface area contributed by atoms with E-state index in [9.17, 15) is 0 Å². The van der Waals surface area contributed by atoms with Crippen LogP contribution < -0.4 is 0 Å². The van der Waals surface area contributed by atoms with Crippen molar-refractivity contribution in [2.75, 3.05) is 7.05 Å². The van der Waals surface area contributed by atoms with Crippen molar-refractivity contribution in [1.29, 1.82) is 0 Å². The molecular formula is C21H29ClN4O. The molecule has 1 saturated carbocycles. The maximum absolute atomic E-state index is 6.26. The van der Waals surface area contributed by atoms with Gasteiger partial charge in [0, 0.05) is 17.5 Å². The summed E-state index contributed by atoms with van der Waals surface area (Å²) >= 11 is 6.26. The molecule has 0 spiro atoms. The molecule has 2 aromatic rings. The van der Waals surface area contributed by atoms with Gasteiger partial charge in [-0.1, -0.05) is 18.5 Å². The molecule has 1 aliphatic carbocycles. The van der Waals surface area contributed by atoms with Crippen LogP contribution in [0.4, 0.5) is 0 Å². The van der Waals surface area contributed by atoms with E-state index in [1.54, 1.807) is 0 Å². The summed E-state index contributed by atoms with van der Waals surface area (Å²) in [4.78, 5) is 2.27. The minimum Gasteiger partial charge on any atom is -0.375 e. The molecule has 1 fully saturated rings. The molecule has 4 rings (SSSR count). The van der Waals surface area contributed by atoms with E-state index in [0.29, 0.717) is 18.1 Å². The third-order valence-corrected chi connectivity index (χ3v) is 6.16. The Morgan fingerprint density at radius 3 is 2.70 bits per heavy atom. The molecule has 2 heterocycles. The van der Waals surface area contributed by atoms with Crippen LogP contribution in [0.2, 0.25) is 5.02 Å². The molecule has 1 aliphatic heterocycles. The Labute approximate surface area is 166 Å². The summed E-state index contributed by atoms with van der Waals surface area (Å²) in [6.07, 6.45) is 6.23. The van der Waals surface area contributed by atoms with E-state index in [1.165, 1.54) is 11.3 Å². The second kappa shape index (κ2) is 7.90. The van der Waals surface area contributed by atoms with Crippen molar-refractivity contribution >= 4 is 11.6 Å². The number of halogens is 1. The summed E-state index contributed by atoms with van der Waals surface area (Å²) in [6.45, 7) is 6.02. The predicted molar refractivity (Wildman–Crippen MR) is 107 cm³/mol. The molecule has 27 heavy (non-hydrogen) atoms. The van der Waals surface area contributed by atoms with E-state index in [2.05, 4.69) is 52.7 Å². The van der Waals surface area contributed by atoms with Crippen molar-refractivity contribution in [3.05, 3.63) is 40.4 Å². The lowest BCUT2D eigenvalue weighted by molar-refractivity contribution is -0.0251. The van der Waals surface area contributed by atoms with Crippen molar-refractivity contribution in [2.24, 2.45) is 0 Å². The number of nitrogens with zero attached hydrogens (tertiary/aromatic N) is 4. The van der Waals surface area contributed by atoms with Crippen molar-refractivity contribution in [2.45, 2.75) is 77.2 Å². The van der Waals surface area contributed by atoms with Gasteiger partial charge in [0.05, 0.1) is 24.4 Å². The van der Waals surface area contributed by atoms with Gasteiger partial charge in [0.2, 0.25) is 0 Å². The zero-order chi connectivity index (χ0) is 19.0. The molecule has 146 valence electrons. The standard InChI is InChI=1S/C21H29ClN4O/c1-4-14(2)27-18-8-5-15(6-9-18)21-24-23-20-13-25(3)12-16-11-17(22)7-10-19(16)26(20)21/h7,10-11,14-15,18H,4-6,8-9,12-13H2,1-3H3/t14-,15?,18?/m0/s1. The van der Waals surface area contributed by atoms with E-state index in [4.69, 9.17) is 16.3 Å². The van der Waals surface area contributed by atoms with Gasteiger partial charge in [0.15, 0.2) is 5.82 Å². The Morgan fingerprint density at radius 1 is 1.19 bits per heavy atom. The molecule has 2 aliphatic rings. The topological polar surface area (TPSA) is 43.2 Å². The maximum Gasteiger partial charge on any atom is 0.151 e. The molecule has 1 aromatic carbocycles. The van der Waals surface area contributed by atoms with Gasteiger partial charge in [0.1, 0.15) is 5.82 Å². The van der Waals surface area contributed by atoms with Gasteiger partial charge in [-0.15, -0.1) is 10.2 Å². The molecule has 0 unspecified atom stereocenters. The molecule has 0 saturated heterocycles. The summed E-state index contributed by atoms with van der Waals surface area (Å²) in [7, 11) is 2.12. The summed E-state index contributed by atoms with van der Waals surface area (Å²) < 4.78 is 8.45. The fraction of sp³-hybridized carbons (Fsp3) is 0.619. The molecule has 6 heteroatoms. The number of ether oxygens (including phenoxy) is 1. The van der Waals surface area contributed by atoms with Gasteiger partial charge in [0.25, 0.3) is 0 Å². The molecular weight excluding hydrogens is 360 g/mol. The largest absolute Gasteiger partial charge is 0.375 e. The fourth-order valence-corrected chi connectivity index (χ4v) is 4.52. The van der Waals surface area contributed by atoms with E-state index in [1.807, 2.05) is 6.07 Å². The van der Waals surface area contributed by atoms with Crippen molar-refractivity contribution < 1.29 is 4.74 Å². The fourth-order valence-electron chi connectivity index (χ4n) is 4.33. The van der Waals surface area contributed by atoms with Gasteiger partial charge < -0.3 is 4.74 Å². The Bertz CT molecular complexity index is 797. The van der Waals surface area contributed by atoms with Crippen LogP contribution in [0.5, 0.6) is 0 Å². The van der Waals surface area contributed by atoms with Crippen molar-refractivity contribution in [1.82, 2.24) is 19.7 Å². The van der Waals surface area contributed by atoms with Crippen LogP contribution in [0.1, 0.15) is 69.1 Å². The van der Waals surface area contributed by atoms with Crippen molar-refractivity contribution in [3.8, 4) is 5.69 Å². The number of hydrogen-bond acceptors (Lipinski definition) is 4. The number of rotatable bonds is 4. The Hall–Kier alpha value is -1.43. The second-order valence-corrected chi connectivity index (χ2v) is 8.52. The molecule has 5 nitrogen and oxygen atoms in total. The highest BCUT2D eigenvalue weighted by Gasteiger charge is 2.30. The van der Waals surface area contributed by atoms with Gasteiger partial charge in [-0.25, -0.2) is 0 Å². The van der Waals surface area contributed by atoms with Crippen LogP contribution in [0, 0.1) is 0 Å². The minimum absolute atomic E-state index is 0.350. The number of benzene rings is 1. The first-order valence-electron chi connectivity index (χ1n) is 10.1. The van der Waals surface area contributed by atoms with Crippen LogP contribution in [-0.4, -0.2) is 38.9 Å². The maximum atomic E-state index is 6.26. The van der Waals surface area contributed by atoms with Crippen LogP contribution in [0.15, 0.2) is 18.2 Å². The number of fused-ring (bicyclic) bond motifs is 3.